The number of thioether (sulfide) groups is 1. The van der Waals surface area contributed by atoms with Crippen LogP contribution in [0.1, 0.15) is 17.1 Å². The maximum atomic E-state index is 12.2. The Morgan fingerprint density at radius 1 is 1.16 bits per heavy atom. The minimum absolute atomic E-state index is 0.133. The number of hydrogen-bond donors (Lipinski definition) is 1. The van der Waals surface area contributed by atoms with E-state index in [4.69, 9.17) is 23.2 Å². The summed E-state index contributed by atoms with van der Waals surface area (Å²) in [4.78, 5) is 20.7. The first-order chi connectivity index (χ1) is 11.8. The molecule has 0 aliphatic carbocycles. The van der Waals surface area contributed by atoms with E-state index >= 15 is 0 Å². The smallest absolute Gasteiger partial charge is 0.256 e. The maximum absolute atomic E-state index is 12.2. The van der Waals surface area contributed by atoms with E-state index in [1.165, 1.54) is 11.8 Å². The SMILES string of the molecule is Cc1cc(C)n2c(SCC(=O)Nc3nc(C)c(Cl)cc3Cl)nnc2n1. The molecule has 0 aromatic carbocycles. The Bertz CT molecular complexity index is 974. The van der Waals surface area contributed by atoms with Crippen LogP contribution in [0.4, 0.5) is 5.82 Å². The van der Waals surface area contributed by atoms with Gasteiger partial charge in [0.1, 0.15) is 0 Å². The van der Waals surface area contributed by atoms with Crippen molar-refractivity contribution in [2.75, 3.05) is 11.1 Å². The fourth-order valence-corrected chi connectivity index (χ4v) is 3.43. The molecule has 7 nitrogen and oxygen atoms in total. The molecular weight excluding hydrogens is 383 g/mol. The molecule has 130 valence electrons. The molecular formula is C15H14Cl2N6OS. The van der Waals surface area contributed by atoms with Gasteiger partial charge >= 0.3 is 0 Å². The van der Waals surface area contributed by atoms with Crippen molar-refractivity contribution in [3.05, 3.63) is 39.3 Å². The number of pyridine rings is 1. The van der Waals surface area contributed by atoms with Crippen molar-refractivity contribution in [3.8, 4) is 0 Å². The van der Waals surface area contributed by atoms with Crippen LogP contribution in [0.3, 0.4) is 0 Å². The van der Waals surface area contributed by atoms with Crippen LogP contribution in [0.15, 0.2) is 17.3 Å². The van der Waals surface area contributed by atoms with E-state index in [1.54, 1.807) is 13.0 Å². The Labute approximate surface area is 158 Å². The molecule has 3 heterocycles. The Morgan fingerprint density at radius 2 is 1.92 bits per heavy atom. The van der Waals surface area contributed by atoms with Gasteiger partial charge in [0, 0.05) is 11.4 Å². The van der Waals surface area contributed by atoms with Gasteiger partial charge in [-0.3, -0.25) is 9.20 Å². The summed E-state index contributed by atoms with van der Waals surface area (Å²) in [6.07, 6.45) is 0. The topological polar surface area (TPSA) is 85.1 Å². The van der Waals surface area contributed by atoms with Gasteiger partial charge in [0.05, 0.1) is 21.5 Å². The van der Waals surface area contributed by atoms with Gasteiger partial charge in [0.15, 0.2) is 11.0 Å². The molecule has 0 aliphatic rings. The number of halogens is 2. The van der Waals surface area contributed by atoms with E-state index in [-0.39, 0.29) is 22.5 Å². The Kier molecular flexibility index (Phi) is 5.12. The second kappa shape index (κ2) is 7.15. The minimum Gasteiger partial charge on any atom is -0.309 e. The number of carbonyl (C=O) groups is 1. The molecule has 0 spiro atoms. The van der Waals surface area contributed by atoms with E-state index in [9.17, 15) is 4.79 Å². The third-order valence-electron chi connectivity index (χ3n) is 3.36. The van der Waals surface area contributed by atoms with E-state index in [0.29, 0.717) is 21.7 Å². The molecule has 10 heteroatoms. The zero-order valence-corrected chi connectivity index (χ0v) is 16.0. The minimum atomic E-state index is -0.254. The van der Waals surface area contributed by atoms with Crippen molar-refractivity contribution in [1.82, 2.24) is 24.6 Å². The summed E-state index contributed by atoms with van der Waals surface area (Å²) >= 11 is 13.3. The Balaban J connectivity index is 1.72. The monoisotopic (exact) mass is 396 g/mol. The van der Waals surface area contributed by atoms with Crippen LogP contribution >= 0.6 is 35.0 Å². The van der Waals surface area contributed by atoms with Crippen LogP contribution in [-0.2, 0) is 4.79 Å². The molecule has 0 radical (unpaired) electrons. The number of anilines is 1. The molecule has 0 bridgehead atoms. The van der Waals surface area contributed by atoms with Gasteiger partial charge in [-0.15, -0.1) is 10.2 Å². The lowest BCUT2D eigenvalue weighted by Crippen LogP contribution is -2.16. The van der Waals surface area contributed by atoms with Gasteiger partial charge in [-0.2, -0.15) is 0 Å². The molecule has 1 N–H and O–H groups in total. The van der Waals surface area contributed by atoms with Crippen molar-refractivity contribution < 1.29 is 4.79 Å². The van der Waals surface area contributed by atoms with Gasteiger partial charge in [0.2, 0.25) is 5.91 Å². The van der Waals surface area contributed by atoms with Crippen LogP contribution < -0.4 is 5.32 Å². The summed E-state index contributed by atoms with van der Waals surface area (Å²) in [6.45, 7) is 5.57. The van der Waals surface area contributed by atoms with Gasteiger partial charge in [-0.05, 0) is 32.9 Å². The summed E-state index contributed by atoms with van der Waals surface area (Å²) in [5.74, 6) is 0.677. The number of nitrogens with zero attached hydrogens (tertiary/aromatic N) is 5. The molecule has 25 heavy (non-hydrogen) atoms. The predicted octanol–water partition coefficient (Wildman–Crippen LogP) is 3.48. The largest absolute Gasteiger partial charge is 0.309 e. The summed E-state index contributed by atoms with van der Waals surface area (Å²) in [7, 11) is 0. The molecule has 0 fully saturated rings. The molecule has 0 saturated heterocycles. The van der Waals surface area contributed by atoms with Gasteiger partial charge < -0.3 is 5.32 Å². The van der Waals surface area contributed by atoms with E-state index in [2.05, 4.69) is 25.5 Å². The second-order valence-corrected chi connectivity index (χ2v) is 7.14. The highest BCUT2D eigenvalue weighted by Gasteiger charge is 2.14. The average Bonchev–Trinajstić information content (AvgIpc) is 2.93. The number of rotatable bonds is 4. The summed E-state index contributed by atoms with van der Waals surface area (Å²) in [5.41, 5.74) is 2.41. The molecule has 3 aromatic heterocycles. The van der Waals surface area contributed by atoms with Crippen LogP contribution in [0.2, 0.25) is 10.0 Å². The van der Waals surface area contributed by atoms with Crippen molar-refractivity contribution in [3.63, 3.8) is 0 Å². The molecule has 1 amide bonds. The number of carbonyl (C=O) groups excluding carboxylic acids is 1. The van der Waals surface area contributed by atoms with Gasteiger partial charge in [-0.1, -0.05) is 35.0 Å². The Morgan fingerprint density at radius 3 is 2.68 bits per heavy atom. The highest BCUT2D eigenvalue weighted by molar-refractivity contribution is 7.99. The highest BCUT2D eigenvalue weighted by atomic mass is 35.5. The lowest BCUT2D eigenvalue weighted by molar-refractivity contribution is -0.113. The Hall–Kier alpha value is -1.90. The lowest BCUT2D eigenvalue weighted by atomic mass is 10.3. The summed E-state index contributed by atoms with van der Waals surface area (Å²) in [6, 6.07) is 3.48. The number of nitrogens with one attached hydrogen (secondary N) is 1. The van der Waals surface area contributed by atoms with Gasteiger partial charge in [-0.25, -0.2) is 9.97 Å². The zero-order chi connectivity index (χ0) is 18.1. The van der Waals surface area contributed by atoms with Crippen molar-refractivity contribution in [1.29, 1.82) is 0 Å². The predicted molar refractivity (Wildman–Crippen MR) is 98.6 cm³/mol. The summed E-state index contributed by atoms with van der Waals surface area (Å²) in [5, 5.41) is 12.1. The number of amides is 1. The quantitative estimate of drug-likeness (QED) is 0.679. The first-order valence-corrected chi connectivity index (χ1v) is 9.04. The highest BCUT2D eigenvalue weighted by Crippen LogP contribution is 2.26. The van der Waals surface area contributed by atoms with E-state index in [0.717, 1.165) is 11.4 Å². The van der Waals surface area contributed by atoms with Gasteiger partial charge in [0.25, 0.3) is 5.78 Å². The normalized spacial score (nSPS) is 11.1. The average molecular weight is 397 g/mol. The van der Waals surface area contributed by atoms with Crippen LogP contribution in [0.5, 0.6) is 0 Å². The fraction of sp³-hybridized carbons (Fsp3) is 0.267. The molecule has 0 atom stereocenters. The standard InChI is InChI=1S/C15H14Cl2N6OS/c1-7-4-8(2)23-14(18-7)21-22-15(23)25-6-12(24)20-13-11(17)5-10(16)9(3)19-13/h4-5H,6H2,1-3H3,(H,19,20,24). The first-order valence-electron chi connectivity index (χ1n) is 7.30. The molecule has 0 saturated carbocycles. The van der Waals surface area contributed by atoms with Crippen molar-refractivity contribution in [2.45, 2.75) is 25.9 Å². The first kappa shape index (κ1) is 17.9. The molecule has 3 aromatic rings. The fourth-order valence-electron chi connectivity index (χ4n) is 2.24. The lowest BCUT2D eigenvalue weighted by Gasteiger charge is -2.08. The van der Waals surface area contributed by atoms with Crippen LogP contribution in [0.25, 0.3) is 5.78 Å². The van der Waals surface area contributed by atoms with Crippen LogP contribution in [0, 0.1) is 20.8 Å². The second-order valence-electron chi connectivity index (χ2n) is 5.38. The number of hydrogen-bond acceptors (Lipinski definition) is 6. The number of fused-ring (bicyclic) bond motifs is 1. The maximum Gasteiger partial charge on any atom is 0.256 e. The van der Waals surface area contributed by atoms with Crippen molar-refractivity contribution in [2.24, 2.45) is 0 Å². The van der Waals surface area contributed by atoms with Crippen molar-refractivity contribution >= 4 is 52.5 Å². The molecule has 0 unspecified atom stereocenters. The third kappa shape index (κ3) is 3.86. The number of aryl methyl sites for hydroxylation is 3. The van der Waals surface area contributed by atoms with E-state index < -0.39 is 0 Å². The third-order valence-corrected chi connectivity index (χ3v) is 4.96. The van der Waals surface area contributed by atoms with Crippen LogP contribution in [-0.4, -0.2) is 36.2 Å². The summed E-state index contributed by atoms with van der Waals surface area (Å²) < 4.78 is 1.81. The van der Waals surface area contributed by atoms with E-state index in [1.807, 2.05) is 24.3 Å². The molecule has 3 rings (SSSR count). The molecule has 0 aliphatic heterocycles. The number of aromatic nitrogens is 5. The zero-order valence-electron chi connectivity index (χ0n) is 13.7.